The number of benzene rings is 3. The number of hydrogen-bond donors (Lipinski definition) is 1. The van der Waals surface area contributed by atoms with Crippen LogP contribution in [0.3, 0.4) is 0 Å². The molecule has 1 heterocycles. The Morgan fingerprint density at radius 3 is 2.41 bits per heavy atom. The molecule has 1 N–H and O–H groups in total. The summed E-state index contributed by atoms with van der Waals surface area (Å²) in [5, 5.41) is 14.6. The van der Waals surface area contributed by atoms with Crippen LogP contribution >= 0.6 is 0 Å². The topological polar surface area (TPSA) is 85.1 Å². The largest absolute Gasteiger partial charge is 0.322 e. The van der Waals surface area contributed by atoms with E-state index >= 15 is 0 Å². The Labute approximate surface area is 167 Å². The molecule has 0 bridgehead atoms. The van der Waals surface area contributed by atoms with E-state index in [9.17, 15) is 14.9 Å². The van der Waals surface area contributed by atoms with Crippen molar-refractivity contribution in [1.82, 2.24) is 4.98 Å². The number of anilines is 1. The Kier molecular flexibility index (Phi) is 4.75. The lowest BCUT2D eigenvalue weighted by Crippen LogP contribution is -2.14. The summed E-state index contributed by atoms with van der Waals surface area (Å²) in [4.78, 5) is 28.3. The summed E-state index contributed by atoms with van der Waals surface area (Å²) in [6.07, 6.45) is 0. The van der Waals surface area contributed by atoms with E-state index in [1.807, 2.05) is 54.6 Å². The van der Waals surface area contributed by atoms with Gasteiger partial charge in [-0.2, -0.15) is 0 Å². The zero-order valence-corrected chi connectivity index (χ0v) is 15.6. The number of carbonyl (C=O) groups is 1. The fourth-order valence-corrected chi connectivity index (χ4v) is 3.21. The van der Waals surface area contributed by atoms with Gasteiger partial charge >= 0.3 is 0 Å². The van der Waals surface area contributed by atoms with Crippen LogP contribution in [0.5, 0.6) is 0 Å². The molecule has 0 aliphatic heterocycles. The van der Waals surface area contributed by atoms with Crippen LogP contribution in [-0.2, 0) is 0 Å². The second-order valence-corrected chi connectivity index (χ2v) is 6.65. The Hall–Kier alpha value is -4.06. The zero-order valence-electron chi connectivity index (χ0n) is 15.6. The van der Waals surface area contributed by atoms with Crippen molar-refractivity contribution in [3.05, 3.63) is 100 Å². The lowest BCUT2D eigenvalue weighted by Gasteiger charge is -2.12. The first kappa shape index (κ1) is 18.3. The number of aromatic nitrogens is 1. The summed E-state index contributed by atoms with van der Waals surface area (Å²) in [5.74, 6) is -0.294. The van der Waals surface area contributed by atoms with Gasteiger partial charge in [-0.1, -0.05) is 48.5 Å². The third-order valence-electron chi connectivity index (χ3n) is 4.70. The molecule has 142 valence electrons. The molecule has 0 saturated heterocycles. The number of rotatable bonds is 4. The molecular weight excluding hydrogens is 366 g/mol. The van der Waals surface area contributed by atoms with Gasteiger partial charge in [0, 0.05) is 28.8 Å². The van der Waals surface area contributed by atoms with E-state index in [2.05, 4.69) is 10.3 Å². The second kappa shape index (κ2) is 7.52. The van der Waals surface area contributed by atoms with Crippen molar-refractivity contribution < 1.29 is 9.72 Å². The molecule has 0 aliphatic carbocycles. The molecule has 0 radical (unpaired) electrons. The normalized spacial score (nSPS) is 10.7. The summed E-state index contributed by atoms with van der Waals surface area (Å²) in [6, 6.07) is 23.3. The minimum absolute atomic E-state index is 0.0128. The molecule has 0 saturated carbocycles. The fraction of sp³-hybridized carbons (Fsp3) is 0.0435. The number of nitro groups is 1. The van der Waals surface area contributed by atoms with Crippen molar-refractivity contribution in [3.8, 4) is 11.3 Å². The number of carbonyl (C=O) groups excluding carboxylic acids is 1. The molecule has 0 spiro atoms. The molecule has 1 amide bonds. The quantitative estimate of drug-likeness (QED) is 0.379. The lowest BCUT2D eigenvalue weighted by molar-refractivity contribution is -0.384. The number of aryl methyl sites for hydroxylation is 1. The van der Waals surface area contributed by atoms with Crippen LogP contribution in [0.4, 0.5) is 11.4 Å². The monoisotopic (exact) mass is 383 g/mol. The van der Waals surface area contributed by atoms with Gasteiger partial charge in [0.1, 0.15) is 0 Å². The van der Waals surface area contributed by atoms with Crippen molar-refractivity contribution >= 4 is 28.2 Å². The fourth-order valence-electron chi connectivity index (χ4n) is 3.21. The van der Waals surface area contributed by atoms with Gasteiger partial charge in [-0.05, 0) is 30.7 Å². The number of fused-ring (bicyclic) bond motifs is 1. The van der Waals surface area contributed by atoms with E-state index < -0.39 is 4.92 Å². The molecule has 0 fully saturated rings. The highest BCUT2D eigenvalue weighted by atomic mass is 16.6. The SMILES string of the molecule is Cc1cc([N+](=O)[O-])ccc1NC(=O)c1cc(-c2ccccc2)nc2ccccc12. The van der Waals surface area contributed by atoms with Crippen LogP contribution in [0.15, 0.2) is 78.9 Å². The van der Waals surface area contributed by atoms with E-state index in [1.54, 1.807) is 19.1 Å². The predicted octanol–water partition coefficient (Wildman–Crippen LogP) is 5.37. The number of nitro benzene ring substituents is 1. The van der Waals surface area contributed by atoms with Gasteiger partial charge in [0.15, 0.2) is 0 Å². The van der Waals surface area contributed by atoms with Gasteiger partial charge in [0.2, 0.25) is 0 Å². The van der Waals surface area contributed by atoms with Crippen LogP contribution in [0.1, 0.15) is 15.9 Å². The first-order valence-electron chi connectivity index (χ1n) is 9.04. The number of pyridine rings is 1. The van der Waals surface area contributed by atoms with Crippen molar-refractivity contribution in [1.29, 1.82) is 0 Å². The summed E-state index contributed by atoms with van der Waals surface area (Å²) in [6.45, 7) is 1.72. The van der Waals surface area contributed by atoms with Crippen LogP contribution in [-0.4, -0.2) is 15.8 Å². The Morgan fingerprint density at radius 1 is 0.966 bits per heavy atom. The number of nitrogens with one attached hydrogen (secondary N) is 1. The summed E-state index contributed by atoms with van der Waals surface area (Å²) in [5.41, 5.74) is 3.97. The van der Waals surface area contributed by atoms with Gasteiger partial charge in [-0.25, -0.2) is 4.98 Å². The smallest absolute Gasteiger partial charge is 0.269 e. The van der Waals surface area contributed by atoms with Gasteiger partial charge in [0.25, 0.3) is 11.6 Å². The summed E-state index contributed by atoms with van der Waals surface area (Å²) < 4.78 is 0. The van der Waals surface area contributed by atoms with E-state index in [-0.39, 0.29) is 11.6 Å². The standard InChI is InChI=1S/C23H17N3O3/c1-15-13-17(26(28)29)11-12-20(15)25-23(27)19-14-22(16-7-3-2-4-8-16)24-21-10-6-5-9-18(19)21/h2-14H,1H3,(H,25,27). The first-order valence-corrected chi connectivity index (χ1v) is 9.04. The van der Waals surface area contributed by atoms with Gasteiger partial charge in [-0.15, -0.1) is 0 Å². The van der Waals surface area contributed by atoms with Crippen LogP contribution in [0.2, 0.25) is 0 Å². The van der Waals surface area contributed by atoms with Gasteiger partial charge < -0.3 is 5.32 Å². The Balaban J connectivity index is 1.76. The Morgan fingerprint density at radius 2 is 1.69 bits per heavy atom. The maximum absolute atomic E-state index is 13.1. The molecule has 0 atom stereocenters. The number of amides is 1. The summed E-state index contributed by atoms with van der Waals surface area (Å²) >= 11 is 0. The van der Waals surface area contributed by atoms with Crippen molar-refractivity contribution in [2.75, 3.05) is 5.32 Å². The highest BCUT2D eigenvalue weighted by molar-refractivity contribution is 6.13. The highest BCUT2D eigenvalue weighted by Gasteiger charge is 2.16. The molecule has 1 aromatic heterocycles. The highest BCUT2D eigenvalue weighted by Crippen LogP contribution is 2.27. The average Bonchev–Trinajstić information content (AvgIpc) is 2.74. The summed E-state index contributed by atoms with van der Waals surface area (Å²) in [7, 11) is 0. The molecule has 4 aromatic rings. The van der Waals surface area contributed by atoms with Gasteiger partial charge in [-0.3, -0.25) is 14.9 Å². The molecule has 3 aromatic carbocycles. The van der Waals surface area contributed by atoms with Crippen molar-refractivity contribution in [3.63, 3.8) is 0 Å². The first-order chi connectivity index (χ1) is 14.0. The van der Waals surface area contributed by atoms with E-state index in [4.69, 9.17) is 0 Å². The molecule has 0 unspecified atom stereocenters. The van der Waals surface area contributed by atoms with E-state index in [0.29, 0.717) is 22.5 Å². The number of non-ortho nitro benzene ring substituents is 1. The number of hydrogen-bond acceptors (Lipinski definition) is 4. The third kappa shape index (κ3) is 3.68. The molecular formula is C23H17N3O3. The number of nitrogens with zero attached hydrogens (tertiary/aromatic N) is 2. The predicted molar refractivity (Wildman–Crippen MR) is 113 cm³/mol. The molecule has 29 heavy (non-hydrogen) atoms. The van der Waals surface area contributed by atoms with Crippen LogP contribution in [0.25, 0.3) is 22.2 Å². The molecule has 4 rings (SSSR count). The van der Waals surface area contributed by atoms with E-state index in [1.165, 1.54) is 12.1 Å². The minimum atomic E-state index is -0.457. The molecule has 6 nitrogen and oxygen atoms in total. The molecule has 6 heteroatoms. The number of para-hydroxylation sites is 1. The third-order valence-corrected chi connectivity index (χ3v) is 4.70. The van der Waals surface area contributed by atoms with E-state index in [0.717, 1.165) is 16.5 Å². The van der Waals surface area contributed by atoms with Crippen molar-refractivity contribution in [2.45, 2.75) is 6.92 Å². The van der Waals surface area contributed by atoms with Crippen LogP contribution in [0, 0.1) is 17.0 Å². The maximum Gasteiger partial charge on any atom is 0.269 e. The maximum atomic E-state index is 13.1. The minimum Gasteiger partial charge on any atom is -0.322 e. The van der Waals surface area contributed by atoms with Crippen LogP contribution < -0.4 is 5.32 Å². The second-order valence-electron chi connectivity index (χ2n) is 6.65. The zero-order chi connectivity index (χ0) is 20.4. The average molecular weight is 383 g/mol. The van der Waals surface area contributed by atoms with Crippen molar-refractivity contribution in [2.24, 2.45) is 0 Å². The van der Waals surface area contributed by atoms with Gasteiger partial charge in [0.05, 0.1) is 21.7 Å². The Bertz CT molecular complexity index is 1240. The lowest BCUT2D eigenvalue weighted by atomic mass is 10.0. The molecule has 0 aliphatic rings.